The molecule has 0 spiro atoms. The van der Waals surface area contributed by atoms with Crippen LogP contribution in [-0.4, -0.2) is 34.3 Å². The van der Waals surface area contributed by atoms with Crippen molar-refractivity contribution >= 4 is 27.4 Å². The van der Waals surface area contributed by atoms with Crippen molar-refractivity contribution in [1.29, 1.82) is 0 Å². The highest BCUT2D eigenvalue weighted by atomic mass is 32.1. The molecule has 0 aliphatic rings. The van der Waals surface area contributed by atoms with E-state index in [1.54, 1.807) is 7.11 Å². The van der Waals surface area contributed by atoms with E-state index in [1.807, 2.05) is 5.79 Å². The molecule has 0 unspecified atom stereocenters. The van der Waals surface area contributed by atoms with E-state index in [4.69, 9.17) is 7.58 Å². The molecule has 0 saturated heterocycles. The topological polar surface area (TPSA) is 18.5 Å². The van der Waals surface area contributed by atoms with Gasteiger partial charge in [-0.25, -0.2) is 0 Å². The molecule has 2 nitrogen and oxygen atoms in total. The van der Waals surface area contributed by atoms with Gasteiger partial charge in [0.2, 0.25) is 0 Å². The first-order chi connectivity index (χ1) is 4.81. The summed E-state index contributed by atoms with van der Waals surface area (Å²) in [5, 5.41) is 0. The van der Waals surface area contributed by atoms with Crippen LogP contribution in [0.5, 0.6) is 0 Å². The van der Waals surface area contributed by atoms with Crippen LogP contribution in [0.2, 0.25) is 5.79 Å². The van der Waals surface area contributed by atoms with Crippen LogP contribution in [0, 0.1) is 0 Å². The van der Waals surface area contributed by atoms with E-state index in [0.717, 1.165) is 25.2 Å². The molecule has 0 bridgehead atoms. The molecule has 0 radical (unpaired) electrons. The standard InChI is InChI=1S/C4H9OS.CH3O.CH3.Al/c5-3-1-2-4-6;1-2;;/h6H,1-4H2;1H3;1H3;/q2*-1;;+2. The van der Waals surface area contributed by atoms with Gasteiger partial charge >= 0.3 is 14.8 Å². The zero-order valence-corrected chi connectivity index (χ0v) is 8.72. The van der Waals surface area contributed by atoms with E-state index in [9.17, 15) is 0 Å². The van der Waals surface area contributed by atoms with Crippen LogP contribution in [-0.2, 0) is 7.58 Å². The summed E-state index contributed by atoms with van der Waals surface area (Å²) in [6.45, 7) is 0.835. The molecule has 0 saturated carbocycles. The third kappa shape index (κ3) is 6.92. The van der Waals surface area contributed by atoms with Crippen LogP contribution in [0.1, 0.15) is 12.8 Å². The van der Waals surface area contributed by atoms with Crippen LogP contribution in [0.15, 0.2) is 0 Å². The Morgan fingerprint density at radius 2 is 2.10 bits per heavy atom. The molecule has 0 aromatic carbocycles. The zero-order chi connectivity index (χ0) is 7.82. The normalized spacial score (nSPS) is 9.90. The van der Waals surface area contributed by atoms with Crippen molar-refractivity contribution in [1.82, 2.24) is 0 Å². The monoisotopic (exact) mass is 178 g/mol. The van der Waals surface area contributed by atoms with Crippen molar-refractivity contribution in [3.05, 3.63) is 0 Å². The minimum absolute atomic E-state index is 0.835. The van der Waals surface area contributed by atoms with Crippen molar-refractivity contribution in [2.24, 2.45) is 0 Å². The minimum atomic E-state index is -1.25. The Balaban J connectivity index is 2.89. The zero-order valence-electron chi connectivity index (χ0n) is 6.67. The van der Waals surface area contributed by atoms with Crippen LogP contribution in [0.4, 0.5) is 0 Å². The largest absolute Gasteiger partial charge is 0.670 e. The smallest absolute Gasteiger partial charge is 0.481 e. The SMILES string of the molecule is C[O][Al]([CH3])[O]CCCCS. The summed E-state index contributed by atoms with van der Waals surface area (Å²) >= 11 is 2.84. The molecule has 4 heteroatoms. The first-order valence-corrected chi connectivity index (χ1v) is 6.29. The van der Waals surface area contributed by atoms with Gasteiger partial charge in [0.05, 0.1) is 0 Å². The van der Waals surface area contributed by atoms with Gasteiger partial charge in [0.15, 0.2) is 0 Å². The lowest BCUT2D eigenvalue weighted by Crippen LogP contribution is -2.16. The Labute approximate surface area is 73.4 Å². The molecule has 0 amide bonds. The summed E-state index contributed by atoms with van der Waals surface area (Å²) in [4.78, 5) is 0. The van der Waals surface area contributed by atoms with Crippen molar-refractivity contribution in [3.8, 4) is 0 Å². The van der Waals surface area contributed by atoms with Crippen LogP contribution >= 0.6 is 12.6 Å². The lowest BCUT2D eigenvalue weighted by Gasteiger charge is -2.04. The summed E-state index contributed by atoms with van der Waals surface area (Å²) in [6, 6.07) is 0. The van der Waals surface area contributed by atoms with Gasteiger partial charge in [-0.3, -0.25) is 0 Å². The van der Waals surface area contributed by atoms with Gasteiger partial charge in [-0.2, -0.15) is 12.6 Å². The fourth-order valence-electron chi connectivity index (χ4n) is 0.531. The molecule has 0 atom stereocenters. The minimum Gasteiger partial charge on any atom is -0.481 e. The summed E-state index contributed by atoms with van der Waals surface area (Å²) < 4.78 is 10.4. The fourth-order valence-corrected chi connectivity index (χ4v) is 1.39. The quantitative estimate of drug-likeness (QED) is 0.377. The van der Waals surface area contributed by atoms with Crippen LogP contribution in [0.3, 0.4) is 0 Å². The molecule has 0 rings (SSSR count). The third-order valence-corrected chi connectivity index (χ3v) is 2.92. The van der Waals surface area contributed by atoms with Gasteiger partial charge in [0, 0.05) is 13.7 Å². The molecule has 0 fully saturated rings. The van der Waals surface area contributed by atoms with Crippen molar-refractivity contribution in [2.45, 2.75) is 18.6 Å². The summed E-state index contributed by atoms with van der Waals surface area (Å²) in [7, 11) is 1.70. The molecule has 0 aromatic heterocycles. The van der Waals surface area contributed by atoms with Gasteiger partial charge in [0.1, 0.15) is 0 Å². The lowest BCUT2D eigenvalue weighted by atomic mass is 10.4. The van der Waals surface area contributed by atoms with E-state index < -0.39 is 14.8 Å². The van der Waals surface area contributed by atoms with Gasteiger partial charge in [0.25, 0.3) is 0 Å². The first kappa shape index (κ1) is 10.8. The Hall–Kier alpha value is 0.802. The van der Waals surface area contributed by atoms with E-state index >= 15 is 0 Å². The predicted molar refractivity (Wildman–Crippen MR) is 47.7 cm³/mol. The van der Waals surface area contributed by atoms with Crippen molar-refractivity contribution in [3.63, 3.8) is 0 Å². The molecule has 0 aromatic rings. The molecular weight excluding hydrogens is 163 g/mol. The van der Waals surface area contributed by atoms with E-state index in [1.165, 1.54) is 0 Å². The summed E-state index contributed by atoms with van der Waals surface area (Å²) in [5.74, 6) is 2.98. The fraction of sp³-hybridized carbons (Fsp3) is 1.00. The molecule has 0 aliphatic heterocycles. The highest BCUT2D eigenvalue weighted by molar-refractivity contribution is 7.80. The second-order valence-electron chi connectivity index (χ2n) is 2.10. The van der Waals surface area contributed by atoms with Crippen LogP contribution in [0.25, 0.3) is 0 Å². The van der Waals surface area contributed by atoms with E-state index in [-0.39, 0.29) is 0 Å². The number of rotatable bonds is 6. The predicted octanol–water partition coefficient (Wildman–Crippen LogP) is 1.48. The van der Waals surface area contributed by atoms with Crippen LogP contribution < -0.4 is 0 Å². The Kier molecular flexibility index (Phi) is 8.54. The third-order valence-electron chi connectivity index (χ3n) is 1.24. The van der Waals surface area contributed by atoms with Gasteiger partial charge in [-0.05, 0) is 18.6 Å². The van der Waals surface area contributed by atoms with Gasteiger partial charge in [-0.1, -0.05) is 5.79 Å². The van der Waals surface area contributed by atoms with E-state index in [0.29, 0.717) is 0 Å². The Morgan fingerprint density at radius 3 is 2.60 bits per heavy atom. The number of unbranched alkanes of at least 4 members (excludes halogenated alkanes) is 1. The maximum Gasteiger partial charge on any atom is 0.670 e. The Morgan fingerprint density at radius 1 is 1.40 bits per heavy atom. The average Bonchev–Trinajstić information content (AvgIpc) is 1.98. The molecule has 0 aliphatic carbocycles. The van der Waals surface area contributed by atoms with Gasteiger partial charge in [-0.15, -0.1) is 0 Å². The molecule has 60 valence electrons. The van der Waals surface area contributed by atoms with Crippen molar-refractivity contribution < 1.29 is 7.58 Å². The van der Waals surface area contributed by atoms with Crippen molar-refractivity contribution in [2.75, 3.05) is 19.5 Å². The lowest BCUT2D eigenvalue weighted by molar-refractivity contribution is 0.231. The van der Waals surface area contributed by atoms with E-state index in [2.05, 4.69) is 12.6 Å². The number of hydrogen-bond acceptors (Lipinski definition) is 3. The highest BCUT2D eigenvalue weighted by Gasteiger charge is 2.13. The molecular formula is C6H15AlO2S. The molecule has 0 N–H and O–H groups in total. The molecule has 10 heavy (non-hydrogen) atoms. The maximum absolute atomic E-state index is 5.38. The Bertz CT molecular complexity index is 72.8. The summed E-state index contributed by atoms with van der Waals surface area (Å²) in [5.41, 5.74) is 0. The average molecular weight is 178 g/mol. The maximum atomic E-state index is 5.38. The number of hydrogen-bond donors (Lipinski definition) is 1. The second kappa shape index (κ2) is 7.90. The summed E-state index contributed by atoms with van der Waals surface area (Å²) in [6.07, 6.45) is 2.23. The number of thiol groups is 1. The first-order valence-electron chi connectivity index (χ1n) is 3.56. The highest BCUT2D eigenvalue weighted by Crippen LogP contribution is 1.94. The molecule has 0 heterocycles. The van der Waals surface area contributed by atoms with Gasteiger partial charge < -0.3 is 7.58 Å². The second-order valence-corrected chi connectivity index (χ2v) is 4.49.